The van der Waals surface area contributed by atoms with Crippen LogP contribution in [0.4, 0.5) is 11.4 Å². The van der Waals surface area contributed by atoms with Gasteiger partial charge in [-0.1, -0.05) is 0 Å². The Balaban J connectivity index is 2.24. The lowest BCUT2D eigenvalue weighted by Gasteiger charge is -2.06. The second-order valence-corrected chi connectivity index (χ2v) is 4.65. The van der Waals surface area contributed by atoms with E-state index < -0.39 is 4.92 Å². The van der Waals surface area contributed by atoms with Crippen LogP contribution in [0.5, 0.6) is 0 Å². The zero-order valence-corrected chi connectivity index (χ0v) is 11.0. The number of carbonyl (C=O) groups is 1. The molecule has 100 valence electrons. The molecule has 7 nitrogen and oxygen atoms in total. The maximum atomic E-state index is 11.1. The van der Waals surface area contributed by atoms with Gasteiger partial charge < -0.3 is 10.6 Å². The number of carbonyl (C=O) groups excluding carboxylic acids is 1. The van der Waals surface area contributed by atoms with E-state index in [4.69, 9.17) is 0 Å². The van der Waals surface area contributed by atoms with Gasteiger partial charge >= 0.3 is 5.69 Å². The lowest BCUT2D eigenvalue weighted by Crippen LogP contribution is -2.21. The van der Waals surface area contributed by atoms with Crippen LogP contribution in [-0.2, 0) is 4.79 Å². The minimum Gasteiger partial charge on any atom is -0.379 e. The fraction of sp³-hybridized carbons (Fsp3) is 0.273. The van der Waals surface area contributed by atoms with E-state index in [1.165, 1.54) is 11.3 Å². The highest BCUT2D eigenvalue weighted by molar-refractivity contribution is 7.16. The number of amides is 1. The first-order valence-corrected chi connectivity index (χ1v) is 6.46. The zero-order valence-electron chi connectivity index (χ0n) is 10.2. The molecule has 2 rings (SSSR count). The van der Waals surface area contributed by atoms with Gasteiger partial charge in [-0.25, -0.2) is 4.98 Å². The first-order chi connectivity index (χ1) is 9.13. The normalized spacial score (nSPS) is 10.4. The predicted octanol–water partition coefficient (Wildman–Crippen LogP) is 1.75. The van der Waals surface area contributed by atoms with Crippen molar-refractivity contribution < 1.29 is 9.72 Å². The molecule has 1 aromatic carbocycles. The van der Waals surface area contributed by atoms with Crippen LogP contribution in [0.2, 0.25) is 0 Å². The summed E-state index contributed by atoms with van der Waals surface area (Å²) in [4.78, 5) is 25.8. The number of thiazole rings is 1. The lowest BCUT2D eigenvalue weighted by molar-refractivity contribution is -0.382. The summed E-state index contributed by atoms with van der Waals surface area (Å²) < 4.78 is 0.767. The number of nitrogens with zero attached hydrogens (tertiary/aromatic N) is 2. The van der Waals surface area contributed by atoms with Crippen LogP contribution in [-0.4, -0.2) is 29.4 Å². The van der Waals surface area contributed by atoms with E-state index in [9.17, 15) is 14.9 Å². The van der Waals surface area contributed by atoms with E-state index >= 15 is 0 Å². The highest BCUT2D eigenvalue weighted by atomic mass is 32.1. The number of benzene rings is 1. The number of aromatic nitrogens is 1. The highest BCUT2D eigenvalue weighted by Crippen LogP contribution is 2.34. The molecule has 0 bridgehead atoms. The molecule has 0 saturated carbocycles. The maximum absolute atomic E-state index is 11.1. The molecule has 0 aliphatic carbocycles. The second kappa shape index (κ2) is 5.61. The van der Waals surface area contributed by atoms with Crippen LogP contribution in [0.3, 0.4) is 0 Å². The summed E-state index contributed by atoms with van der Waals surface area (Å²) >= 11 is 1.35. The molecule has 8 heteroatoms. The summed E-state index contributed by atoms with van der Waals surface area (Å²) in [6.45, 7) is 0.330. The molecule has 0 aliphatic heterocycles. The van der Waals surface area contributed by atoms with Gasteiger partial charge in [-0.05, 0) is 12.1 Å². The second-order valence-electron chi connectivity index (χ2n) is 3.77. The first-order valence-electron chi connectivity index (χ1n) is 5.58. The quantitative estimate of drug-likeness (QED) is 0.642. The molecule has 0 aliphatic rings. The fourth-order valence-corrected chi connectivity index (χ4v) is 2.36. The molecule has 2 N–H and O–H groups in total. The average molecular weight is 280 g/mol. The van der Waals surface area contributed by atoms with Gasteiger partial charge in [-0.3, -0.25) is 14.9 Å². The monoisotopic (exact) mass is 280 g/mol. The summed E-state index contributed by atoms with van der Waals surface area (Å²) in [5.41, 5.74) is 2.29. The van der Waals surface area contributed by atoms with E-state index in [1.807, 2.05) is 0 Å². The van der Waals surface area contributed by atoms with Crippen molar-refractivity contribution in [2.24, 2.45) is 0 Å². The molecule has 0 saturated heterocycles. The van der Waals surface area contributed by atoms with Gasteiger partial charge in [0.05, 0.1) is 15.1 Å². The average Bonchev–Trinajstić information content (AvgIpc) is 2.85. The lowest BCUT2D eigenvalue weighted by atomic mass is 10.2. The van der Waals surface area contributed by atoms with Crippen LogP contribution in [0, 0.1) is 10.1 Å². The van der Waals surface area contributed by atoms with Crippen molar-refractivity contribution in [1.82, 2.24) is 10.3 Å². The third kappa shape index (κ3) is 2.79. The molecule has 2 aromatic rings. The van der Waals surface area contributed by atoms with Crippen LogP contribution >= 0.6 is 11.3 Å². The summed E-state index contributed by atoms with van der Waals surface area (Å²) in [7, 11) is 1.55. The largest absolute Gasteiger partial charge is 0.379 e. The number of rotatable bonds is 5. The fourth-order valence-electron chi connectivity index (χ4n) is 1.68. The van der Waals surface area contributed by atoms with Crippen LogP contribution in [0.25, 0.3) is 10.2 Å². The van der Waals surface area contributed by atoms with Crippen molar-refractivity contribution >= 4 is 38.8 Å². The Bertz CT molecular complexity index is 625. The number of nitro groups is 1. The molecular formula is C11H12N4O3S. The predicted molar refractivity (Wildman–Crippen MR) is 73.4 cm³/mol. The Labute approximate surface area is 112 Å². The molecule has 0 spiro atoms. The molecule has 0 radical (unpaired) electrons. The van der Waals surface area contributed by atoms with E-state index in [2.05, 4.69) is 15.6 Å². The summed E-state index contributed by atoms with van der Waals surface area (Å²) in [6, 6.07) is 3.42. The summed E-state index contributed by atoms with van der Waals surface area (Å²) in [6.07, 6.45) is 0.253. The van der Waals surface area contributed by atoms with E-state index in [-0.39, 0.29) is 18.0 Å². The minimum absolute atomic E-state index is 0.0457. The van der Waals surface area contributed by atoms with E-state index in [0.717, 1.165) is 4.70 Å². The third-order valence-electron chi connectivity index (χ3n) is 2.60. The Kier molecular flexibility index (Phi) is 3.91. The van der Waals surface area contributed by atoms with Gasteiger partial charge in [0, 0.05) is 20.0 Å². The Morgan fingerprint density at radius 2 is 2.32 bits per heavy atom. The van der Waals surface area contributed by atoms with Gasteiger partial charge in [-0.15, -0.1) is 11.3 Å². The van der Waals surface area contributed by atoms with Crippen LogP contribution in [0.15, 0.2) is 17.6 Å². The van der Waals surface area contributed by atoms with Crippen LogP contribution in [0.1, 0.15) is 6.42 Å². The Hall–Kier alpha value is -2.22. The third-order valence-corrected chi connectivity index (χ3v) is 3.40. The van der Waals surface area contributed by atoms with Crippen molar-refractivity contribution in [2.45, 2.75) is 6.42 Å². The molecule has 0 atom stereocenters. The number of hydrogen-bond donors (Lipinski definition) is 2. The summed E-state index contributed by atoms with van der Waals surface area (Å²) in [5, 5.41) is 16.5. The molecular weight excluding hydrogens is 268 g/mol. The SMILES string of the molecule is CNC(=O)CCNc1ccc2scnc2c1[N+](=O)[O-]. The van der Waals surface area contributed by atoms with Crippen molar-refractivity contribution in [3.05, 3.63) is 27.8 Å². The zero-order chi connectivity index (χ0) is 13.8. The topological polar surface area (TPSA) is 97.2 Å². The number of hydrogen-bond acceptors (Lipinski definition) is 6. The van der Waals surface area contributed by atoms with E-state index in [1.54, 1.807) is 24.7 Å². The number of fused-ring (bicyclic) bond motifs is 1. The Morgan fingerprint density at radius 3 is 3.00 bits per heavy atom. The van der Waals surface area contributed by atoms with Crippen molar-refractivity contribution in [3.8, 4) is 0 Å². The molecule has 0 fully saturated rings. The first kappa shape index (κ1) is 13.2. The highest BCUT2D eigenvalue weighted by Gasteiger charge is 2.20. The van der Waals surface area contributed by atoms with Crippen molar-refractivity contribution in [2.75, 3.05) is 18.9 Å². The molecule has 0 unspecified atom stereocenters. The molecule has 1 amide bonds. The number of anilines is 1. The molecule has 1 heterocycles. The van der Waals surface area contributed by atoms with Crippen LogP contribution < -0.4 is 10.6 Å². The number of nitrogens with one attached hydrogen (secondary N) is 2. The van der Waals surface area contributed by atoms with Gasteiger partial charge in [-0.2, -0.15) is 0 Å². The smallest absolute Gasteiger partial charge is 0.319 e. The van der Waals surface area contributed by atoms with Gasteiger partial charge in [0.2, 0.25) is 5.91 Å². The van der Waals surface area contributed by atoms with Crippen molar-refractivity contribution in [3.63, 3.8) is 0 Å². The van der Waals surface area contributed by atoms with E-state index in [0.29, 0.717) is 17.7 Å². The van der Waals surface area contributed by atoms with Gasteiger partial charge in [0.25, 0.3) is 0 Å². The number of nitro benzene ring substituents is 1. The van der Waals surface area contributed by atoms with Gasteiger partial charge in [0.15, 0.2) is 5.52 Å². The summed E-state index contributed by atoms with van der Waals surface area (Å²) in [5.74, 6) is -0.120. The molecule has 19 heavy (non-hydrogen) atoms. The standard InChI is InChI=1S/C11H12N4O3S/c1-12-9(16)4-5-13-7-2-3-8-10(14-6-19-8)11(7)15(17)18/h2-3,6,13H,4-5H2,1H3,(H,12,16). The van der Waals surface area contributed by atoms with Crippen molar-refractivity contribution in [1.29, 1.82) is 0 Å². The minimum atomic E-state index is -0.454. The Morgan fingerprint density at radius 1 is 1.53 bits per heavy atom. The maximum Gasteiger partial charge on any atom is 0.319 e. The van der Waals surface area contributed by atoms with Gasteiger partial charge in [0.1, 0.15) is 5.69 Å². The molecule has 1 aromatic heterocycles.